The first-order chi connectivity index (χ1) is 8.04. The molecule has 1 aromatic rings. The summed E-state index contributed by atoms with van der Waals surface area (Å²) in [6.07, 6.45) is 0. The van der Waals surface area contributed by atoms with E-state index < -0.39 is 0 Å². The van der Waals surface area contributed by atoms with Crippen molar-refractivity contribution < 1.29 is 4.79 Å². The van der Waals surface area contributed by atoms with Gasteiger partial charge in [-0.3, -0.25) is 4.79 Å². The van der Waals surface area contributed by atoms with Gasteiger partial charge < -0.3 is 5.32 Å². The number of benzene rings is 1. The van der Waals surface area contributed by atoms with Crippen LogP contribution in [0.2, 0.25) is 0 Å². The van der Waals surface area contributed by atoms with Crippen molar-refractivity contribution in [3.8, 4) is 0 Å². The SMILES string of the molecule is CCSCC(C)NC(=O)c1ccc(C)cc1Br. The summed E-state index contributed by atoms with van der Waals surface area (Å²) < 4.78 is 0.852. The lowest BCUT2D eigenvalue weighted by Crippen LogP contribution is -2.34. The van der Waals surface area contributed by atoms with Crippen molar-refractivity contribution in [1.29, 1.82) is 0 Å². The second-order valence-electron chi connectivity index (χ2n) is 4.02. The quantitative estimate of drug-likeness (QED) is 0.899. The van der Waals surface area contributed by atoms with Gasteiger partial charge in [0, 0.05) is 16.3 Å². The van der Waals surface area contributed by atoms with E-state index >= 15 is 0 Å². The average molecular weight is 316 g/mol. The molecule has 0 bridgehead atoms. The van der Waals surface area contributed by atoms with Crippen molar-refractivity contribution in [2.45, 2.75) is 26.8 Å². The summed E-state index contributed by atoms with van der Waals surface area (Å²) in [6.45, 7) is 6.16. The standard InChI is InChI=1S/C13H18BrNOS/c1-4-17-8-10(3)15-13(16)11-6-5-9(2)7-12(11)14/h5-7,10H,4,8H2,1-3H3,(H,15,16). The predicted molar refractivity (Wildman–Crippen MR) is 78.8 cm³/mol. The molecular formula is C13H18BrNOS. The van der Waals surface area contributed by atoms with Gasteiger partial charge in [0.2, 0.25) is 0 Å². The summed E-state index contributed by atoms with van der Waals surface area (Å²) in [6, 6.07) is 5.96. The maximum atomic E-state index is 12.0. The predicted octanol–water partition coefficient (Wildman–Crippen LogP) is 3.63. The van der Waals surface area contributed by atoms with Gasteiger partial charge in [-0.25, -0.2) is 0 Å². The van der Waals surface area contributed by atoms with Crippen LogP contribution in [0.25, 0.3) is 0 Å². The minimum Gasteiger partial charge on any atom is -0.349 e. The molecule has 1 amide bonds. The van der Waals surface area contributed by atoms with E-state index in [1.54, 1.807) is 0 Å². The maximum Gasteiger partial charge on any atom is 0.252 e. The fourth-order valence-corrected chi connectivity index (χ4v) is 2.79. The van der Waals surface area contributed by atoms with Crippen LogP contribution >= 0.6 is 27.7 Å². The molecule has 0 aliphatic rings. The monoisotopic (exact) mass is 315 g/mol. The zero-order valence-corrected chi connectivity index (χ0v) is 12.8. The van der Waals surface area contributed by atoms with Gasteiger partial charge in [-0.2, -0.15) is 11.8 Å². The zero-order chi connectivity index (χ0) is 12.8. The molecule has 4 heteroatoms. The van der Waals surface area contributed by atoms with Crippen molar-refractivity contribution >= 4 is 33.6 Å². The smallest absolute Gasteiger partial charge is 0.252 e. The van der Waals surface area contributed by atoms with Gasteiger partial charge in [0.05, 0.1) is 5.56 Å². The van der Waals surface area contributed by atoms with E-state index in [2.05, 4.69) is 28.2 Å². The highest BCUT2D eigenvalue weighted by molar-refractivity contribution is 9.10. The summed E-state index contributed by atoms with van der Waals surface area (Å²) in [7, 11) is 0. The lowest BCUT2D eigenvalue weighted by atomic mass is 10.1. The normalized spacial score (nSPS) is 12.2. The molecule has 17 heavy (non-hydrogen) atoms. The first-order valence-corrected chi connectivity index (χ1v) is 7.64. The number of hydrogen-bond acceptors (Lipinski definition) is 2. The number of carbonyl (C=O) groups excluding carboxylic acids is 1. The highest BCUT2D eigenvalue weighted by Crippen LogP contribution is 2.18. The third-order valence-corrected chi connectivity index (χ3v) is 4.12. The van der Waals surface area contributed by atoms with Gasteiger partial charge in [0.25, 0.3) is 5.91 Å². The third kappa shape index (κ3) is 4.72. The number of hydrogen-bond donors (Lipinski definition) is 1. The Kier molecular flexibility index (Phi) is 6.06. The number of amides is 1. The Morgan fingerprint density at radius 1 is 1.53 bits per heavy atom. The van der Waals surface area contributed by atoms with Crippen LogP contribution in [0.15, 0.2) is 22.7 Å². The van der Waals surface area contributed by atoms with E-state index in [-0.39, 0.29) is 11.9 Å². The molecule has 1 unspecified atom stereocenters. The van der Waals surface area contributed by atoms with Gasteiger partial charge in [0.15, 0.2) is 0 Å². The second kappa shape index (κ2) is 7.07. The zero-order valence-electron chi connectivity index (χ0n) is 10.4. The minimum atomic E-state index is -0.0129. The highest BCUT2D eigenvalue weighted by Gasteiger charge is 2.12. The van der Waals surface area contributed by atoms with E-state index in [0.717, 1.165) is 21.5 Å². The Morgan fingerprint density at radius 3 is 2.82 bits per heavy atom. The first kappa shape index (κ1) is 14.6. The summed E-state index contributed by atoms with van der Waals surface area (Å²) in [4.78, 5) is 12.0. The summed E-state index contributed by atoms with van der Waals surface area (Å²) in [5.74, 6) is 2.02. The average Bonchev–Trinajstić information content (AvgIpc) is 2.26. The summed E-state index contributed by atoms with van der Waals surface area (Å²) >= 11 is 5.26. The van der Waals surface area contributed by atoms with Gasteiger partial charge in [-0.1, -0.05) is 13.0 Å². The Morgan fingerprint density at radius 2 is 2.24 bits per heavy atom. The fourth-order valence-electron chi connectivity index (χ4n) is 1.44. The number of nitrogens with one attached hydrogen (secondary N) is 1. The molecule has 0 fully saturated rings. The molecule has 0 spiro atoms. The molecule has 1 N–H and O–H groups in total. The molecule has 0 aliphatic heterocycles. The Bertz CT molecular complexity index is 395. The van der Waals surface area contributed by atoms with Crippen LogP contribution in [-0.2, 0) is 0 Å². The van der Waals surface area contributed by atoms with Crippen LogP contribution in [0.5, 0.6) is 0 Å². The van der Waals surface area contributed by atoms with Gasteiger partial charge in [0.1, 0.15) is 0 Å². The molecule has 1 atom stereocenters. The molecule has 2 nitrogen and oxygen atoms in total. The van der Waals surface area contributed by atoms with Gasteiger partial charge >= 0.3 is 0 Å². The molecule has 0 saturated heterocycles. The van der Waals surface area contributed by atoms with Gasteiger partial charge in [-0.15, -0.1) is 0 Å². The molecule has 0 aliphatic carbocycles. The summed E-state index contributed by atoms with van der Waals surface area (Å²) in [5.41, 5.74) is 1.84. The summed E-state index contributed by atoms with van der Waals surface area (Å²) in [5, 5.41) is 3.00. The van der Waals surface area contributed by atoms with E-state index in [0.29, 0.717) is 5.56 Å². The molecular weight excluding hydrogens is 298 g/mol. The number of rotatable bonds is 5. The Labute approximate surface area is 116 Å². The number of thioether (sulfide) groups is 1. The van der Waals surface area contributed by atoms with Crippen LogP contribution in [0.1, 0.15) is 29.8 Å². The number of carbonyl (C=O) groups is 1. The number of halogens is 1. The minimum absolute atomic E-state index is 0.0129. The van der Waals surface area contributed by atoms with Crippen molar-refractivity contribution in [3.05, 3.63) is 33.8 Å². The molecule has 0 radical (unpaired) electrons. The molecule has 94 valence electrons. The van der Waals surface area contributed by atoms with Gasteiger partial charge in [-0.05, 0) is 53.2 Å². The Hall–Kier alpha value is -0.480. The molecule has 0 saturated carbocycles. The lowest BCUT2D eigenvalue weighted by Gasteiger charge is -2.14. The van der Waals surface area contributed by atoms with Crippen molar-refractivity contribution in [2.24, 2.45) is 0 Å². The lowest BCUT2D eigenvalue weighted by molar-refractivity contribution is 0.0943. The van der Waals surface area contributed by atoms with Crippen LogP contribution in [0.3, 0.4) is 0 Å². The Balaban J connectivity index is 2.63. The van der Waals surface area contributed by atoms with Crippen LogP contribution in [-0.4, -0.2) is 23.5 Å². The maximum absolute atomic E-state index is 12.0. The molecule has 0 heterocycles. The van der Waals surface area contributed by atoms with E-state index in [1.807, 2.05) is 43.8 Å². The molecule has 1 aromatic carbocycles. The highest BCUT2D eigenvalue weighted by atomic mass is 79.9. The van der Waals surface area contributed by atoms with Crippen LogP contribution in [0.4, 0.5) is 0 Å². The van der Waals surface area contributed by atoms with Crippen LogP contribution < -0.4 is 5.32 Å². The second-order valence-corrected chi connectivity index (χ2v) is 6.19. The fraction of sp³-hybridized carbons (Fsp3) is 0.462. The van der Waals surface area contributed by atoms with Crippen molar-refractivity contribution in [1.82, 2.24) is 5.32 Å². The largest absolute Gasteiger partial charge is 0.349 e. The van der Waals surface area contributed by atoms with E-state index in [1.165, 1.54) is 0 Å². The number of aryl methyl sites for hydroxylation is 1. The van der Waals surface area contributed by atoms with Crippen molar-refractivity contribution in [2.75, 3.05) is 11.5 Å². The third-order valence-electron chi connectivity index (χ3n) is 2.32. The van der Waals surface area contributed by atoms with Crippen molar-refractivity contribution in [3.63, 3.8) is 0 Å². The van der Waals surface area contributed by atoms with E-state index in [4.69, 9.17) is 0 Å². The molecule has 1 rings (SSSR count). The van der Waals surface area contributed by atoms with E-state index in [9.17, 15) is 4.79 Å². The first-order valence-electron chi connectivity index (χ1n) is 5.69. The van der Waals surface area contributed by atoms with Crippen LogP contribution in [0, 0.1) is 6.92 Å². The molecule has 0 aromatic heterocycles. The topological polar surface area (TPSA) is 29.1 Å².